The van der Waals surface area contributed by atoms with Crippen LogP contribution in [-0.4, -0.2) is 33.0 Å². The van der Waals surface area contributed by atoms with Crippen molar-refractivity contribution in [2.75, 3.05) is 13.7 Å². The summed E-state index contributed by atoms with van der Waals surface area (Å²) >= 11 is 4.70. The molecule has 0 amide bonds. The number of nitrogens with zero attached hydrogens (tertiary/aromatic N) is 4. The zero-order valence-corrected chi connectivity index (χ0v) is 15.3. The molecule has 22 heavy (non-hydrogen) atoms. The van der Waals surface area contributed by atoms with E-state index in [-0.39, 0.29) is 0 Å². The molecule has 3 aromatic rings. The zero-order valence-electron chi connectivity index (χ0n) is 12.8. The minimum Gasteiger partial charge on any atom is -0.384 e. The van der Waals surface area contributed by atoms with Crippen LogP contribution in [0.1, 0.15) is 22.1 Å². The first-order valence-corrected chi connectivity index (χ1v) is 9.23. The predicted molar refractivity (Wildman–Crippen MR) is 91.2 cm³/mol. The van der Waals surface area contributed by atoms with Crippen molar-refractivity contribution >= 4 is 44.8 Å². The monoisotopic (exact) mass is 352 g/mol. The molecule has 0 saturated carbocycles. The Bertz CT molecular complexity index is 812. The lowest BCUT2D eigenvalue weighted by Crippen LogP contribution is -1.96. The van der Waals surface area contributed by atoms with E-state index in [9.17, 15) is 0 Å². The predicted octanol–water partition coefficient (Wildman–Crippen LogP) is 3.81. The molecule has 0 unspecified atom stereocenters. The molecule has 0 bridgehead atoms. The number of hydrogen-bond acceptors (Lipinski definition) is 8. The standard InChI is InChI=1S/C14H16N4OS3/c1-7-8(2)20-12-11(7)13(16-9(3)15-12)21-14-17-10(18-22-14)5-6-19-4/h5-6H2,1-4H3. The second-order valence-electron chi connectivity index (χ2n) is 4.86. The summed E-state index contributed by atoms with van der Waals surface area (Å²) in [6.07, 6.45) is 0.738. The summed E-state index contributed by atoms with van der Waals surface area (Å²) in [5.41, 5.74) is 1.26. The molecule has 0 saturated heterocycles. The third-order valence-corrected chi connectivity index (χ3v) is 6.15. The molecule has 3 heterocycles. The summed E-state index contributed by atoms with van der Waals surface area (Å²) in [4.78, 5) is 16.1. The van der Waals surface area contributed by atoms with Gasteiger partial charge < -0.3 is 4.74 Å². The molecule has 0 aliphatic rings. The number of rotatable bonds is 5. The Morgan fingerprint density at radius 3 is 2.73 bits per heavy atom. The van der Waals surface area contributed by atoms with Crippen molar-refractivity contribution in [3.63, 3.8) is 0 Å². The Balaban J connectivity index is 1.94. The topological polar surface area (TPSA) is 60.8 Å². The minimum atomic E-state index is 0.639. The molecule has 0 radical (unpaired) electrons. The van der Waals surface area contributed by atoms with Gasteiger partial charge in [0.05, 0.1) is 6.61 Å². The number of ether oxygens (including phenoxy) is 1. The summed E-state index contributed by atoms with van der Waals surface area (Å²) in [5.74, 6) is 1.62. The molecule has 8 heteroatoms. The van der Waals surface area contributed by atoms with Crippen molar-refractivity contribution in [2.45, 2.75) is 36.6 Å². The quantitative estimate of drug-likeness (QED) is 0.651. The van der Waals surface area contributed by atoms with E-state index in [1.165, 1.54) is 22.0 Å². The van der Waals surface area contributed by atoms with Crippen LogP contribution in [0.4, 0.5) is 0 Å². The van der Waals surface area contributed by atoms with Gasteiger partial charge in [-0.05, 0) is 49.6 Å². The summed E-state index contributed by atoms with van der Waals surface area (Å²) in [6, 6.07) is 0. The SMILES string of the molecule is COCCc1nsc(Sc2nc(C)nc3sc(C)c(C)c23)n1. The normalized spacial score (nSPS) is 11.5. The van der Waals surface area contributed by atoms with Crippen LogP contribution in [0.5, 0.6) is 0 Å². The van der Waals surface area contributed by atoms with Gasteiger partial charge in [0.2, 0.25) is 0 Å². The van der Waals surface area contributed by atoms with E-state index in [2.05, 4.69) is 33.2 Å². The van der Waals surface area contributed by atoms with Crippen molar-refractivity contribution in [3.8, 4) is 0 Å². The van der Waals surface area contributed by atoms with Gasteiger partial charge in [-0.1, -0.05) is 0 Å². The lowest BCUT2D eigenvalue weighted by molar-refractivity contribution is 0.200. The van der Waals surface area contributed by atoms with Crippen LogP contribution in [0.3, 0.4) is 0 Å². The highest BCUT2D eigenvalue weighted by molar-refractivity contribution is 8.01. The van der Waals surface area contributed by atoms with Gasteiger partial charge in [-0.2, -0.15) is 4.37 Å². The van der Waals surface area contributed by atoms with Crippen LogP contribution in [0, 0.1) is 20.8 Å². The Morgan fingerprint density at radius 1 is 1.14 bits per heavy atom. The highest BCUT2D eigenvalue weighted by Gasteiger charge is 2.16. The van der Waals surface area contributed by atoms with Gasteiger partial charge in [-0.25, -0.2) is 15.0 Å². The van der Waals surface area contributed by atoms with Crippen molar-refractivity contribution in [2.24, 2.45) is 0 Å². The maximum atomic E-state index is 5.06. The van der Waals surface area contributed by atoms with Gasteiger partial charge in [0.15, 0.2) is 4.34 Å². The van der Waals surface area contributed by atoms with E-state index in [0.29, 0.717) is 6.61 Å². The Kier molecular flexibility index (Phi) is 4.72. The van der Waals surface area contributed by atoms with Crippen molar-refractivity contribution in [1.82, 2.24) is 19.3 Å². The average Bonchev–Trinajstić information content (AvgIpc) is 3.02. The van der Waals surface area contributed by atoms with Crippen molar-refractivity contribution in [3.05, 3.63) is 22.1 Å². The summed E-state index contributed by atoms with van der Waals surface area (Å²) in [7, 11) is 1.68. The molecule has 0 aliphatic heterocycles. The molecule has 116 valence electrons. The van der Waals surface area contributed by atoms with Gasteiger partial charge in [-0.3, -0.25) is 0 Å². The van der Waals surface area contributed by atoms with Crippen LogP contribution in [0.25, 0.3) is 10.2 Å². The number of methoxy groups -OCH3 is 1. The van der Waals surface area contributed by atoms with Gasteiger partial charge in [0.25, 0.3) is 0 Å². The summed E-state index contributed by atoms with van der Waals surface area (Å²) in [6.45, 7) is 6.82. The van der Waals surface area contributed by atoms with E-state index in [4.69, 9.17) is 4.74 Å². The largest absolute Gasteiger partial charge is 0.384 e. The summed E-state index contributed by atoms with van der Waals surface area (Å²) in [5, 5.41) is 2.12. The maximum absolute atomic E-state index is 5.06. The average molecular weight is 353 g/mol. The van der Waals surface area contributed by atoms with Gasteiger partial charge in [0, 0.05) is 23.8 Å². The van der Waals surface area contributed by atoms with Gasteiger partial charge in [-0.15, -0.1) is 11.3 Å². The molecular weight excluding hydrogens is 336 g/mol. The molecular formula is C14H16N4OS3. The zero-order chi connectivity index (χ0) is 15.7. The minimum absolute atomic E-state index is 0.639. The van der Waals surface area contributed by atoms with Gasteiger partial charge >= 0.3 is 0 Å². The molecule has 0 fully saturated rings. The Morgan fingerprint density at radius 2 is 1.95 bits per heavy atom. The van der Waals surface area contributed by atoms with Crippen molar-refractivity contribution in [1.29, 1.82) is 0 Å². The summed E-state index contributed by atoms with van der Waals surface area (Å²) < 4.78 is 10.3. The second-order valence-corrected chi connectivity index (χ2v) is 8.05. The second kappa shape index (κ2) is 6.57. The van der Waals surface area contributed by atoms with E-state index in [1.807, 2.05) is 6.92 Å². The fourth-order valence-electron chi connectivity index (χ4n) is 2.05. The van der Waals surface area contributed by atoms with E-state index < -0.39 is 0 Å². The van der Waals surface area contributed by atoms with Crippen LogP contribution >= 0.6 is 34.6 Å². The van der Waals surface area contributed by atoms with E-state index >= 15 is 0 Å². The third-order valence-electron chi connectivity index (χ3n) is 3.27. The number of aromatic nitrogens is 4. The molecule has 3 rings (SSSR count). The first-order chi connectivity index (χ1) is 10.6. The molecule has 3 aromatic heterocycles. The lowest BCUT2D eigenvalue weighted by Gasteiger charge is -2.02. The lowest BCUT2D eigenvalue weighted by atomic mass is 10.2. The molecule has 0 aromatic carbocycles. The number of thiophene rings is 1. The molecule has 0 spiro atoms. The van der Waals surface area contributed by atoms with Crippen LogP contribution < -0.4 is 0 Å². The van der Waals surface area contributed by atoms with Gasteiger partial charge in [0.1, 0.15) is 21.5 Å². The molecule has 0 aliphatic carbocycles. The first kappa shape index (κ1) is 15.8. The Hall–Kier alpha value is -1.09. The molecule has 0 atom stereocenters. The van der Waals surface area contributed by atoms with Crippen LogP contribution in [-0.2, 0) is 11.2 Å². The highest BCUT2D eigenvalue weighted by atomic mass is 32.2. The van der Waals surface area contributed by atoms with Crippen LogP contribution in [0.15, 0.2) is 9.37 Å². The third kappa shape index (κ3) is 3.15. The fourth-order valence-corrected chi connectivity index (χ4v) is 4.99. The molecule has 5 nitrogen and oxygen atoms in total. The van der Waals surface area contributed by atoms with E-state index in [0.717, 1.165) is 37.7 Å². The smallest absolute Gasteiger partial charge is 0.176 e. The van der Waals surface area contributed by atoms with Crippen LogP contribution in [0.2, 0.25) is 0 Å². The highest BCUT2D eigenvalue weighted by Crippen LogP contribution is 2.38. The fraction of sp³-hybridized carbons (Fsp3) is 0.429. The van der Waals surface area contributed by atoms with Crippen molar-refractivity contribution < 1.29 is 4.74 Å². The Labute approximate surface area is 141 Å². The maximum Gasteiger partial charge on any atom is 0.176 e. The first-order valence-electron chi connectivity index (χ1n) is 6.82. The number of hydrogen-bond donors (Lipinski definition) is 0. The molecule has 0 N–H and O–H groups in total. The number of fused-ring (bicyclic) bond motifs is 1. The van der Waals surface area contributed by atoms with E-state index in [1.54, 1.807) is 30.2 Å². The number of aryl methyl sites for hydroxylation is 3.